The van der Waals surface area contributed by atoms with Gasteiger partial charge >= 0.3 is 5.97 Å². The smallest absolute Gasteiger partial charge is 0.319 e. The van der Waals surface area contributed by atoms with Crippen LogP contribution in [0.3, 0.4) is 0 Å². The van der Waals surface area contributed by atoms with Crippen LogP contribution in [0.15, 0.2) is 48.5 Å². The Kier molecular flexibility index (Phi) is 5.39. The lowest BCUT2D eigenvalue weighted by molar-refractivity contribution is -0.147. The van der Waals surface area contributed by atoms with E-state index in [1.54, 1.807) is 0 Å². The summed E-state index contributed by atoms with van der Waals surface area (Å²) in [6.07, 6.45) is -0.222. The zero-order valence-corrected chi connectivity index (χ0v) is 14.6. The summed E-state index contributed by atoms with van der Waals surface area (Å²) in [6.45, 7) is 5.84. The average Bonchev–Trinajstić information content (AvgIpc) is 2.47. The van der Waals surface area contributed by atoms with Crippen LogP contribution in [-0.4, -0.2) is 9.89 Å². The van der Waals surface area contributed by atoms with E-state index in [0.29, 0.717) is 0 Å². The molecule has 2 atom stereocenters. The number of aryl methyl sites for hydroxylation is 1. The van der Waals surface area contributed by atoms with Gasteiger partial charge in [0.1, 0.15) is 10.0 Å². The normalized spacial score (nSPS) is 13.5. The highest BCUT2D eigenvalue weighted by Crippen LogP contribution is 2.26. The molecule has 0 spiro atoms. The number of esters is 1. The summed E-state index contributed by atoms with van der Waals surface area (Å²) in [5, 5.41) is 0. The van der Waals surface area contributed by atoms with Gasteiger partial charge in [0.25, 0.3) is 0 Å². The monoisotopic (exact) mass is 394 g/mol. The van der Waals surface area contributed by atoms with Gasteiger partial charge in [0.15, 0.2) is 0 Å². The van der Waals surface area contributed by atoms with Crippen LogP contribution in [-0.2, 0) is 9.53 Å². The molecule has 0 amide bonds. The molecular formula is C18H19IO2. The highest BCUT2D eigenvalue weighted by molar-refractivity contribution is 14.1. The molecule has 0 saturated carbocycles. The van der Waals surface area contributed by atoms with Crippen LogP contribution in [0.5, 0.6) is 0 Å². The fourth-order valence-electron chi connectivity index (χ4n) is 2.17. The molecule has 0 radical (unpaired) electrons. The number of hydrogen-bond donors (Lipinski definition) is 0. The van der Waals surface area contributed by atoms with E-state index in [0.717, 1.165) is 5.56 Å². The predicted octanol–water partition coefficient (Wildman–Crippen LogP) is 5.09. The topological polar surface area (TPSA) is 26.3 Å². The van der Waals surface area contributed by atoms with E-state index >= 15 is 0 Å². The third-order valence-electron chi connectivity index (χ3n) is 3.45. The van der Waals surface area contributed by atoms with E-state index in [-0.39, 0.29) is 16.0 Å². The number of alkyl halides is 1. The van der Waals surface area contributed by atoms with Gasteiger partial charge in [0.05, 0.1) is 0 Å². The Morgan fingerprint density at radius 1 is 1.05 bits per heavy atom. The van der Waals surface area contributed by atoms with Crippen molar-refractivity contribution < 1.29 is 9.53 Å². The second kappa shape index (κ2) is 7.07. The maximum atomic E-state index is 11.6. The van der Waals surface area contributed by atoms with Gasteiger partial charge in [-0.3, -0.25) is 4.79 Å². The van der Waals surface area contributed by atoms with Crippen LogP contribution < -0.4 is 0 Å². The zero-order chi connectivity index (χ0) is 15.4. The van der Waals surface area contributed by atoms with Crippen molar-refractivity contribution in [2.75, 3.05) is 0 Å². The average molecular weight is 394 g/mol. The van der Waals surface area contributed by atoms with Crippen LogP contribution in [0.2, 0.25) is 0 Å². The molecule has 0 unspecified atom stereocenters. The van der Waals surface area contributed by atoms with Gasteiger partial charge in [0, 0.05) is 0 Å². The molecule has 0 N–H and O–H groups in total. The van der Waals surface area contributed by atoms with Crippen molar-refractivity contribution in [2.45, 2.75) is 30.8 Å². The highest BCUT2D eigenvalue weighted by Gasteiger charge is 2.15. The molecule has 2 aromatic rings. The lowest BCUT2D eigenvalue weighted by Gasteiger charge is -2.15. The number of benzene rings is 2. The van der Waals surface area contributed by atoms with Crippen LogP contribution in [0.1, 0.15) is 31.1 Å². The number of halogens is 1. The molecule has 0 fully saturated rings. The Labute approximate surface area is 139 Å². The first kappa shape index (κ1) is 16.0. The molecule has 110 valence electrons. The first-order valence-electron chi connectivity index (χ1n) is 6.99. The van der Waals surface area contributed by atoms with Crippen molar-refractivity contribution in [1.29, 1.82) is 0 Å². The molecule has 0 aliphatic heterocycles. The van der Waals surface area contributed by atoms with Crippen LogP contribution in [0.4, 0.5) is 0 Å². The highest BCUT2D eigenvalue weighted by atomic mass is 127. The minimum absolute atomic E-state index is 0.128. The molecule has 0 bridgehead atoms. The van der Waals surface area contributed by atoms with Gasteiger partial charge in [-0.15, -0.1) is 0 Å². The van der Waals surface area contributed by atoms with E-state index in [1.165, 1.54) is 16.7 Å². The summed E-state index contributed by atoms with van der Waals surface area (Å²) in [6, 6.07) is 16.5. The van der Waals surface area contributed by atoms with Gasteiger partial charge in [-0.1, -0.05) is 71.1 Å². The first-order valence-corrected chi connectivity index (χ1v) is 8.24. The molecule has 2 nitrogen and oxygen atoms in total. The summed E-state index contributed by atoms with van der Waals surface area (Å²) < 4.78 is 5.29. The van der Waals surface area contributed by atoms with Gasteiger partial charge < -0.3 is 4.74 Å². The summed E-state index contributed by atoms with van der Waals surface area (Å²) in [4.78, 5) is 11.6. The van der Waals surface area contributed by atoms with Gasteiger partial charge in [0.2, 0.25) is 0 Å². The quantitative estimate of drug-likeness (QED) is 0.410. The third kappa shape index (κ3) is 4.06. The maximum absolute atomic E-state index is 11.6. The Balaban J connectivity index is 2.16. The van der Waals surface area contributed by atoms with Crippen LogP contribution in [0, 0.1) is 6.92 Å². The molecule has 2 aromatic carbocycles. The van der Waals surface area contributed by atoms with Gasteiger partial charge in [-0.25, -0.2) is 0 Å². The van der Waals surface area contributed by atoms with Crippen molar-refractivity contribution in [2.24, 2.45) is 0 Å². The summed E-state index contributed by atoms with van der Waals surface area (Å²) >= 11 is 2.06. The standard InChI is InChI=1S/C18H19IO2/c1-12-6-4-5-7-17(12)16-10-8-15(9-11-16)14(3)21-18(20)13(2)19/h4-11,13-14H,1-3H3/t13-,14-/m0/s1. The van der Waals surface area contributed by atoms with Crippen molar-refractivity contribution in [3.8, 4) is 11.1 Å². The first-order chi connectivity index (χ1) is 9.99. The number of hydrogen-bond acceptors (Lipinski definition) is 2. The van der Waals surface area contributed by atoms with Crippen molar-refractivity contribution >= 4 is 28.6 Å². The minimum atomic E-state index is -0.222. The fourth-order valence-corrected chi connectivity index (χ4v) is 2.31. The molecule has 0 aliphatic rings. The second-order valence-corrected chi connectivity index (χ2v) is 7.00. The third-order valence-corrected chi connectivity index (χ3v) is 3.96. The molecule has 2 rings (SSSR count). The Morgan fingerprint density at radius 3 is 2.24 bits per heavy atom. The second-order valence-electron chi connectivity index (χ2n) is 5.13. The van der Waals surface area contributed by atoms with E-state index in [1.807, 2.05) is 38.1 Å². The van der Waals surface area contributed by atoms with Crippen LogP contribution in [0.25, 0.3) is 11.1 Å². The van der Waals surface area contributed by atoms with Crippen LogP contribution >= 0.6 is 22.6 Å². The molecule has 0 aromatic heterocycles. The number of ether oxygens (including phenoxy) is 1. The Bertz CT molecular complexity index is 617. The van der Waals surface area contributed by atoms with E-state index < -0.39 is 0 Å². The SMILES string of the molecule is Cc1ccccc1-c1ccc([C@H](C)OC(=O)[C@H](C)I)cc1. The number of carbonyl (C=O) groups excluding carboxylic acids is 1. The Hall–Kier alpha value is -1.36. The number of rotatable bonds is 4. The Morgan fingerprint density at radius 2 is 1.67 bits per heavy atom. The summed E-state index contributed by atoms with van der Waals surface area (Å²) in [5.74, 6) is -0.175. The molecule has 0 saturated heterocycles. The number of carbonyl (C=O) groups is 1. The molecule has 0 aliphatic carbocycles. The summed E-state index contributed by atoms with van der Waals surface area (Å²) in [5.41, 5.74) is 4.67. The zero-order valence-electron chi connectivity index (χ0n) is 12.5. The van der Waals surface area contributed by atoms with E-state index in [4.69, 9.17) is 4.74 Å². The van der Waals surface area contributed by atoms with Crippen molar-refractivity contribution in [3.05, 3.63) is 59.7 Å². The van der Waals surface area contributed by atoms with E-state index in [2.05, 4.69) is 53.8 Å². The molecular weight excluding hydrogens is 375 g/mol. The lowest BCUT2D eigenvalue weighted by atomic mass is 9.99. The largest absolute Gasteiger partial charge is 0.457 e. The van der Waals surface area contributed by atoms with Gasteiger partial charge in [-0.2, -0.15) is 0 Å². The fraction of sp³-hybridized carbons (Fsp3) is 0.278. The predicted molar refractivity (Wildman–Crippen MR) is 94.6 cm³/mol. The lowest BCUT2D eigenvalue weighted by Crippen LogP contribution is -2.16. The van der Waals surface area contributed by atoms with Crippen molar-refractivity contribution in [1.82, 2.24) is 0 Å². The maximum Gasteiger partial charge on any atom is 0.319 e. The van der Waals surface area contributed by atoms with E-state index in [9.17, 15) is 4.79 Å². The molecule has 3 heteroatoms. The summed E-state index contributed by atoms with van der Waals surface area (Å²) in [7, 11) is 0. The molecule has 21 heavy (non-hydrogen) atoms. The molecule has 0 heterocycles. The minimum Gasteiger partial charge on any atom is -0.457 e. The van der Waals surface area contributed by atoms with Crippen molar-refractivity contribution in [3.63, 3.8) is 0 Å². The van der Waals surface area contributed by atoms with Gasteiger partial charge in [-0.05, 0) is 43.0 Å².